The molecule has 7 nitrogen and oxygen atoms in total. The van der Waals surface area contributed by atoms with Crippen LogP contribution in [0, 0.1) is 18.7 Å². The summed E-state index contributed by atoms with van der Waals surface area (Å²) >= 11 is 0. The molecule has 0 bridgehead atoms. The SMILES string of the molecule is Cc1ccccc1S(=O)(=O)N1CCC2=Cc3c(cnn3-c3ccc(F)cc3)CC2[C@H]1C(=O)c1ccccn1. The molecule has 192 valence electrons. The first kappa shape index (κ1) is 24.4. The zero-order valence-corrected chi connectivity index (χ0v) is 21.5. The van der Waals surface area contributed by atoms with Crippen molar-refractivity contribution >= 4 is 21.9 Å². The summed E-state index contributed by atoms with van der Waals surface area (Å²) in [6.07, 6.45) is 6.22. The molecule has 1 unspecified atom stereocenters. The van der Waals surface area contributed by atoms with Gasteiger partial charge in [0.05, 0.1) is 28.5 Å². The Bertz CT molecular complexity index is 1660. The van der Waals surface area contributed by atoms with E-state index in [-0.39, 0.29) is 34.7 Å². The van der Waals surface area contributed by atoms with E-state index in [1.165, 1.54) is 16.4 Å². The van der Waals surface area contributed by atoms with Crippen LogP contribution >= 0.6 is 0 Å². The molecule has 6 rings (SSSR count). The summed E-state index contributed by atoms with van der Waals surface area (Å²) in [5, 5.41) is 4.53. The van der Waals surface area contributed by atoms with Crippen molar-refractivity contribution in [3.63, 3.8) is 0 Å². The van der Waals surface area contributed by atoms with Crippen molar-refractivity contribution < 1.29 is 17.6 Å². The number of hydrogen-bond acceptors (Lipinski definition) is 5. The van der Waals surface area contributed by atoms with Crippen LogP contribution in [0.4, 0.5) is 4.39 Å². The molecule has 2 aromatic heterocycles. The number of Topliss-reactive ketones (excluding diaryl/α,β-unsaturated/α-hetero) is 1. The number of piperidine rings is 1. The van der Waals surface area contributed by atoms with Crippen LogP contribution in [0.15, 0.2) is 89.6 Å². The van der Waals surface area contributed by atoms with E-state index in [4.69, 9.17) is 0 Å². The molecule has 4 aromatic rings. The minimum Gasteiger partial charge on any atom is -0.291 e. The Hall–Kier alpha value is -3.95. The number of nitrogens with zero attached hydrogens (tertiary/aromatic N) is 4. The number of hydrogen-bond donors (Lipinski definition) is 0. The number of carbonyl (C=O) groups is 1. The Morgan fingerprint density at radius 2 is 1.79 bits per heavy atom. The first-order valence-corrected chi connectivity index (χ1v) is 13.8. The molecule has 1 aliphatic heterocycles. The van der Waals surface area contributed by atoms with Gasteiger partial charge >= 0.3 is 0 Å². The van der Waals surface area contributed by atoms with Gasteiger partial charge in [0, 0.05) is 18.7 Å². The molecule has 0 saturated carbocycles. The van der Waals surface area contributed by atoms with E-state index >= 15 is 0 Å². The van der Waals surface area contributed by atoms with Crippen molar-refractivity contribution in [2.45, 2.75) is 30.7 Å². The fourth-order valence-electron chi connectivity index (χ4n) is 5.51. The lowest BCUT2D eigenvalue weighted by Gasteiger charge is -2.42. The maximum Gasteiger partial charge on any atom is 0.244 e. The molecule has 0 radical (unpaired) electrons. The van der Waals surface area contributed by atoms with Gasteiger partial charge in [0.2, 0.25) is 10.0 Å². The zero-order valence-electron chi connectivity index (χ0n) is 20.7. The number of ketones is 1. The van der Waals surface area contributed by atoms with E-state index in [0.29, 0.717) is 18.4 Å². The Labute approximate surface area is 220 Å². The molecule has 2 atom stereocenters. The predicted molar refractivity (Wildman–Crippen MR) is 141 cm³/mol. The number of carbonyl (C=O) groups excluding carboxylic acids is 1. The maximum atomic E-state index is 14.0. The number of benzene rings is 2. The summed E-state index contributed by atoms with van der Waals surface area (Å²) in [6, 6.07) is 17.1. The minimum absolute atomic E-state index is 0.169. The van der Waals surface area contributed by atoms with Gasteiger partial charge in [-0.1, -0.05) is 29.8 Å². The van der Waals surface area contributed by atoms with Crippen molar-refractivity contribution in [3.8, 4) is 5.69 Å². The van der Waals surface area contributed by atoms with Gasteiger partial charge in [-0.3, -0.25) is 9.78 Å². The molecule has 38 heavy (non-hydrogen) atoms. The molecule has 0 spiro atoms. The van der Waals surface area contributed by atoms with Gasteiger partial charge in [-0.25, -0.2) is 17.5 Å². The molecule has 1 fully saturated rings. The summed E-state index contributed by atoms with van der Waals surface area (Å²) in [5.74, 6) is -1.02. The monoisotopic (exact) mass is 528 g/mol. The average molecular weight is 529 g/mol. The Kier molecular flexibility index (Phi) is 6.04. The molecule has 0 amide bonds. The normalized spacial score (nSPS) is 19.4. The molecule has 3 heterocycles. The molecule has 1 saturated heterocycles. The van der Waals surface area contributed by atoms with Gasteiger partial charge < -0.3 is 0 Å². The van der Waals surface area contributed by atoms with Crippen LogP contribution < -0.4 is 0 Å². The summed E-state index contributed by atoms with van der Waals surface area (Å²) < 4.78 is 44.6. The first-order chi connectivity index (χ1) is 18.3. The fraction of sp³-hybridized carbons (Fsp3) is 0.207. The largest absolute Gasteiger partial charge is 0.291 e. The third kappa shape index (κ3) is 4.08. The minimum atomic E-state index is -3.96. The highest BCUT2D eigenvalue weighted by atomic mass is 32.2. The Morgan fingerprint density at radius 3 is 2.53 bits per heavy atom. The van der Waals surface area contributed by atoms with Crippen molar-refractivity contribution in [3.05, 3.63) is 113 Å². The second-order valence-electron chi connectivity index (χ2n) is 9.63. The number of aryl methyl sites for hydroxylation is 1. The number of rotatable bonds is 5. The first-order valence-electron chi connectivity index (χ1n) is 12.4. The van der Waals surface area contributed by atoms with Crippen molar-refractivity contribution in [1.82, 2.24) is 19.1 Å². The van der Waals surface area contributed by atoms with Gasteiger partial charge in [0.15, 0.2) is 5.78 Å². The lowest BCUT2D eigenvalue weighted by atomic mass is 9.76. The Balaban J connectivity index is 1.44. The second kappa shape index (κ2) is 9.41. The molecule has 1 aliphatic carbocycles. The second-order valence-corrected chi connectivity index (χ2v) is 11.5. The van der Waals surface area contributed by atoms with E-state index in [2.05, 4.69) is 10.1 Å². The fourth-order valence-corrected chi connectivity index (χ4v) is 7.36. The van der Waals surface area contributed by atoms with Crippen LogP contribution in [0.2, 0.25) is 0 Å². The highest BCUT2D eigenvalue weighted by molar-refractivity contribution is 7.89. The topological polar surface area (TPSA) is 85.2 Å². The average Bonchev–Trinajstić information content (AvgIpc) is 3.34. The van der Waals surface area contributed by atoms with E-state index in [9.17, 15) is 17.6 Å². The predicted octanol–water partition coefficient (Wildman–Crippen LogP) is 4.62. The standard InChI is InChI=1S/C29H25FN4O3S/c1-19-6-2-3-8-27(19)38(36,37)33-15-13-20-17-26-21(18-32-34(26)23-11-9-22(30)10-12-23)16-24(20)28(33)29(35)25-7-4-5-14-31-25/h2-12,14,17-18,24,28H,13,15-16H2,1H3/t24?,28-/m0/s1. The number of sulfonamides is 1. The maximum absolute atomic E-state index is 14.0. The molecule has 0 N–H and O–H groups in total. The van der Waals surface area contributed by atoms with E-state index in [1.807, 2.05) is 6.08 Å². The molecular weight excluding hydrogens is 503 g/mol. The highest BCUT2D eigenvalue weighted by Crippen LogP contribution is 2.41. The van der Waals surface area contributed by atoms with Gasteiger partial charge in [0.1, 0.15) is 11.5 Å². The summed E-state index contributed by atoms with van der Waals surface area (Å²) in [7, 11) is -3.96. The number of halogens is 1. The van der Waals surface area contributed by atoms with E-state index in [1.54, 1.807) is 78.6 Å². The van der Waals surface area contributed by atoms with E-state index in [0.717, 1.165) is 22.5 Å². The van der Waals surface area contributed by atoms with Gasteiger partial charge in [-0.2, -0.15) is 9.40 Å². The summed E-state index contributed by atoms with van der Waals surface area (Å²) in [4.78, 5) is 18.4. The number of pyridine rings is 1. The summed E-state index contributed by atoms with van der Waals surface area (Å²) in [5.41, 5.74) is 4.34. The quantitative estimate of drug-likeness (QED) is 0.353. The lowest BCUT2D eigenvalue weighted by Crippen LogP contribution is -2.54. The molecule has 9 heteroatoms. The highest BCUT2D eigenvalue weighted by Gasteiger charge is 2.47. The van der Waals surface area contributed by atoms with Gasteiger partial charge in [-0.15, -0.1) is 0 Å². The number of fused-ring (bicyclic) bond motifs is 2. The third-order valence-corrected chi connectivity index (χ3v) is 9.42. The van der Waals surface area contributed by atoms with Crippen LogP contribution in [-0.2, 0) is 16.4 Å². The molecule has 2 aliphatic rings. The van der Waals surface area contributed by atoms with E-state index < -0.39 is 16.1 Å². The smallest absolute Gasteiger partial charge is 0.244 e. The summed E-state index contributed by atoms with van der Waals surface area (Å²) in [6.45, 7) is 1.93. The van der Waals surface area contributed by atoms with Crippen molar-refractivity contribution in [1.29, 1.82) is 0 Å². The van der Waals surface area contributed by atoms with Crippen LogP contribution in [0.1, 0.15) is 33.7 Å². The van der Waals surface area contributed by atoms with Crippen LogP contribution in [0.5, 0.6) is 0 Å². The lowest BCUT2D eigenvalue weighted by molar-refractivity contribution is 0.0821. The van der Waals surface area contributed by atoms with Crippen molar-refractivity contribution in [2.24, 2.45) is 5.92 Å². The Morgan fingerprint density at radius 1 is 1.03 bits per heavy atom. The van der Waals surface area contributed by atoms with Crippen LogP contribution in [0.3, 0.4) is 0 Å². The van der Waals surface area contributed by atoms with Crippen molar-refractivity contribution in [2.75, 3.05) is 6.54 Å². The van der Waals surface area contributed by atoms with Gasteiger partial charge in [0.25, 0.3) is 0 Å². The number of aromatic nitrogens is 3. The molecule has 2 aromatic carbocycles. The van der Waals surface area contributed by atoms with Crippen LogP contribution in [0.25, 0.3) is 11.8 Å². The third-order valence-electron chi connectivity index (χ3n) is 7.37. The van der Waals surface area contributed by atoms with Crippen LogP contribution in [-0.4, -0.2) is 45.9 Å². The van der Waals surface area contributed by atoms with Gasteiger partial charge in [-0.05, 0) is 79.4 Å². The zero-order chi connectivity index (χ0) is 26.4. The molecular formula is C29H25FN4O3S.